The van der Waals surface area contributed by atoms with Gasteiger partial charge in [0.05, 0.1) is 22.4 Å². The summed E-state index contributed by atoms with van der Waals surface area (Å²) in [5.41, 5.74) is 1.31. The van der Waals surface area contributed by atoms with Crippen LogP contribution in [0, 0.1) is 11.8 Å². The van der Waals surface area contributed by atoms with E-state index in [1.165, 1.54) is 30.5 Å². The topological polar surface area (TPSA) is 91.0 Å². The number of aromatic nitrogens is 3. The number of H-pyrrole nitrogens is 1. The van der Waals surface area contributed by atoms with Crippen LogP contribution in [0.3, 0.4) is 0 Å². The number of aromatic amines is 1. The Balaban J connectivity index is 1.43. The minimum Gasteiger partial charge on any atom is -0.313 e. The molecule has 0 spiro atoms. The highest BCUT2D eigenvalue weighted by atomic mass is 35.5. The van der Waals surface area contributed by atoms with Crippen molar-refractivity contribution >= 4 is 23.3 Å². The zero-order valence-corrected chi connectivity index (χ0v) is 16.8. The Labute approximate surface area is 180 Å². The summed E-state index contributed by atoms with van der Waals surface area (Å²) in [6, 6.07) is 5.92. The molecule has 0 radical (unpaired) electrons. The number of carbonyl (C=O) groups is 1. The van der Waals surface area contributed by atoms with Gasteiger partial charge >= 0.3 is 6.03 Å². The van der Waals surface area contributed by atoms with E-state index in [4.69, 9.17) is 11.6 Å². The maximum absolute atomic E-state index is 14.8. The third-order valence-corrected chi connectivity index (χ3v) is 6.09. The molecule has 0 unspecified atom stereocenters. The molecule has 2 N–H and O–H groups in total. The van der Waals surface area contributed by atoms with Gasteiger partial charge in [-0.3, -0.25) is 4.79 Å². The number of fused-ring (bicyclic) bond motifs is 4. The van der Waals surface area contributed by atoms with Gasteiger partial charge in [-0.1, -0.05) is 11.6 Å². The molecule has 1 fully saturated rings. The van der Waals surface area contributed by atoms with Crippen LogP contribution in [0.5, 0.6) is 0 Å². The lowest BCUT2D eigenvalue weighted by atomic mass is 9.99. The zero-order valence-electron chi connectivity index (χ0n) is 16.0. The lowest BCUT2D eigenvalue weighted by Crippen LogP contribution is -2.45. The van der Waals surface area contributed by atoms with Gasteiger partial charge in [0, 0.05) is 29.4 Å². The molecule has 7 nitrogen and oxygen atoms in total. The van der Waals surface area contributed by atoms with Crippen molar-refractivity contribution in [1.29, 1.82) is 0 Å². The summed E-state index contributed by atoms with van der Waals surface area (Å²) in [5, 5.41) is 9.20. The van der Waals surface area contributed by atoms with Crippen LogP contribution in [-0.4, -0.2) is 32.2 Å². The van der Waals surface area contributed by atoms with Crippen molar-refractivity contribution in [3.05, 3.63) is 74.9 Å². The molecular formula is C21H16ClF2N5O2. The molecular weight excluding hydrogens is 428 g/mol. The smallest absolute Gasteiger partial charge is 0.313 e. The predicted molar refractivity (Wildman–Crippen MR) is 110 cm³/mol. The molecule has 5 rings (SSSR count). The largest absolute Gasteiger partial charge is 0.322 e. The third kappa shape index (κ3) is 3.34. The third-order valence-electron chi connectivity index (χ3n) is 5.78. The summed E-state index contributed by atoms with van der Waals surface area (Å²) in [6.07, 6.45) is 3.25. The molecule has 0 saturated carbocycles. The van der Waals surface area contributed by atoms with Gasteiger partial charge in [0.1, 0.15) is 5.82 Å². The van der Waals surface area contributed by atoms with Gasteiger partial charge in [-0.25, -0.2) is 19.3 Å². The number of rotatable bonds is 2. The van der Waals surface area contributed by atoms with Gasteiger partial charge in [-0.05, 0) is 49.1 Å². The molecule has 2 atom stereocenters. The maximum Gasteiger partial charge on any atom is 0.322 e. The van der Waals surface area contributed by atoms with E-state index in [2.05, 4.69) is 20.5 Å². The van der Waals surface area contributed by atoms with Crippen LogP contribution in [0.15, 0.2) is 41.3 Å². The van der Waals surface area contributed by atoms with E-state index < -0.39 is 17.8 Å². The molecule has 2 aliphatic heterocycles. The first-order chi connectivity index (χ1) is 14.9. The average Bonchev–Trinajstić information content (AvgIpc) is 3.06. The van der Waals surface area contributed by atoms with Crippen molar-refractivity contribution in [2.24, 2.45) is 0 Å². The monoisotopic (exact) mass is 443 g/mol. The number of nitrogens with zero attached hydrogens (tertiary/aromatic N) is 3. The van der Waals surface area contributed by atoms with Gasteiger partial charge in [0.25, 0.3) is 5.56 Å². The standard InChI is InChI=1S/C21H16ClF2N5O2/c22-14-9-16(15(23)8-13(14)12-2-1-5-25-20(12)24)26-21(31)29-11-3-4-17(29)19-10(6-11)7-18(30)27-28-19/h1-2,5,7-9,11,17H,3-4,6H2,(H,26,31)(H,27,30)/t11-,17+/m0/s1. The average molecular weight is 444 g/mol. The summed E-state index contributed by atoms with van der Waals surface area (Å²) >= 11 is 6.26. The normalized spacial score (nSPS) is 19.3. The van der Waals surface area contributed by atoms with E-state index in [0.29, 0.717) is 18.5 Å². The van der Waals surface area contributed by atoms with E-state index in [0.717, 1.165) is 18.1 Å². The number of hydrogen-bond donors (Lipinski definition) is 2. The van der Waals surface area contributed by atoms with Gasteiger partial charge in [-0.2, -0.15) is 9.49 Å². The Bertz CT molecular complexity index is 1260. The Morgan fingerprint density at radius 1 is 1.23 bits per heavy atom. The van der Waals surface area contributed by atoms with Crippen molar-refractivity contribution < 1.29 is 13.6 Å². The van der Waals surface area contributed by atoms with Crippen LogP contribution in [0.1, 0.15) is 30.1 Å². The van der Waals surface area contributed by atoms with E-state index in [1.54, 1.807) is 4.90 Å². The van der Waals surface area contributed by atoms with Crippen LogP contribution in [0.25, 0.3) is 11.1 Å². The van der Waals surface area contributed by atoms with Crippen LogP contribution in [-0.2, 0) is 6.42 Å². The van der Waals surface area contributed by atoms with Crippen LogP contribution in [0.2, 0.25) is 5.02 Å². The lowest BCUT2D eigenvalue weighted by Gasteiger charge is -2.35. The second-order valence-corrected chi connectivity index (χ2v) is 7.99. The number of hydrogen-bond acceptors (Lipinski definition) is 4. The SMILES string of the molecule is O=C(Nc1cc(Cl)c(-c2cccnc2F)cc1F)N1[C@H]2CC[C@@H]1c1n[nH]c(=O)cc1C2. The minimum atomic E-state index is -0.769. The van der Waals surface area contributed by atoms with E-state index in [1.807, 2.05) is 0 Å². The van der Waals surface area contributed by atoms with Crippen molar-refractivity contribution in [3.8, 4) is 11.1 Å². The number of anilines is 1. The lowest BCUT2D eigenvalue weighted by molar-refractivity contribution is 0.177. The zero-order chi connectivity index (χ0) is 21.7. The number of amides is 2. The summed E-state index contributed by atoms with van der Waals surface area (Å²) < 4.78 is 28.8. The molecule has 2 aromatic heterocycles. The first kappa shape index (κ1) is 19.6. The van der Waals surface area contributed by atoms with Crippen LogP contribution >= 0.6 is 11.6 Å². The highest BCUT2D eigenvalue weighted by molar-refractivity contribution is 6.33. The van der Waals surface area contributed by atoms with Gasteiger partial charge in [0.2, 0.25) is 5.95 Å². The summed E-state index contributed by atoms with van der Waals surface area (Å²) in [7, 11) is 0. The molecule has 10 heteroatoms. The van der Waals surface area contributed by atoms with Gasteiger partial charge < -0.3 is 10.2 Å². The van der Waals surface area contributed by atoms with E-state index >= 15 is 0 Å². The highest BCUT2D eigenvalue weighted by Gasteiger charge is 2.44. The summed E-state index contributed by atoms with van der Waals surface area (Å²) in [5.74, 6) is -1.52. The molecule has 3 aromatic rings. The summed E-state index contributed by atoms with van der Waals surface area (Å²) in [6.45, 7) is 0. The number of benzene rings is 1. The second-order valence-electron chi connectivity index (χ2n) is 7.58. The number of halogens is 3. The molecule has 2 amide bonds. The number of urea groups is 1. The number of pyridine rings is 1. The summed E-state index contributed by atoms with van der Waals surface area (Å²) in [4.78, 5) is 29.8. The van der Waals surface area contributed by atoms with Crippen LogP contribution in [0.4, 0.5) is 19.3 Å². The van der Waals surface area contributed by atoms with Gasteiger partial charge in [0.15, 0.2) is 0 Å². The fourth-order valence-electron chi connectivity index (χ4n) is 4.43. The fraction of sp³-hybridized carbons (Fsp3) is 0.238. The second kappa shape index (κ2) is 7.42. The van der Waals surface area contributed by atoms with Gasteiger partial charge in [-0.15, -0.1) is 0 Å². The molecule has 31 heavy (non-hydrogen) atoms. The Kier molecular flexibility index (Phi) is 4.70. The molecule has 0 aliphatic carbocycles. The predicted octanol–water partition coefficient (Wildman–Crippen LogP) is 4.06. The van der Waals surface area contributed by atoms with E-state index in [9.17, 15) is 18.4 Å². The first-order valence-corrected chi connectivity index (χ1v) is 10.1. The molecule has 1 saturated heterocycles. The van der Waals surface area contributed by atoms with Crippen molar-refractivity contribution in [2.45, 2.75) is 31.3 Å². The fourth-order valence-corrected chi connectivity index (χ4v) is 4.70. The van der Waals surface area contributed by atoms with Crippen molar-refractivity contribution in [2.75, 3.05) is 5.32 Å². The molecule has 2 bridgehead atoms. The molecule has 4 heterocycles. The Morgan fingerprint density at radius 3 is 2.87 bits per heavy atom. The molecule has 1 aromatic carbocycles. The maximum atomic E-state index is 14.8. The first-order valence-electron chi connectivity index (χ1n) is 9.70. The highest BCUT2D eigenvalue weighted by Crippen LogP contribution is 2.42. The van der Waals surface area contributed by atoms with Crippen molar-refractivity contribution in [1.82, 2.24) is 20.1 Å². The van der Waals surface area contributed by atoms with Crippen molar-refractivity contribution in [3.63, 3.8) is 0 Å². The quantitative estimate of drug-likeness (QED) is 0.584. The number of nitrogens with one attached hydrogen (secondary N) is 2. The Hall–Kier alpha value is -3.33. The Morgan fingerprint density at radius 2 is 2.06 bits per heavy atom. The number of carbonyl (C=O) groups excluding carboxylic acids is 1. The molecule has 158 valence electrons. The van der Waals surface area contributed by atoms with Crippen LogP contribution < -0.4 is 10.9 Å². The van der Waals surface area contributed by atoms with E-state index in [-0.39, 0.29) is 39.5 Å². The minimum absolute atomic E-state index is 0.0648. The molecule has 2 aliphatic rings.